The maximum atomic E-state index is 17.8. The molecule has 8 unspecified atom stereocenters. The van der Waals surface area contributed by atoms with E-state index in [2.05, 4.69) is 96.9 Å². The van der Waals surface area contributed by atoms with Crippen molar-refractivity contribution < 1.29 is 42.8 Å². The highest BCUT2D eigenvalue weighted by Crippen LogP contribution is 2.53. The van der Waals surface area contributed by atoms with Gasteiger partial charge in [0.1, 0.15) is 0 Å². The van der Waals surface area contributed by atoms with Crippen LogP contribution in [-0.4, -0.2) is 51.4 Å². The summed E-state index contributed by atoms with van der Waals surface area (Å²) in [5, 5.41) is 13.8. The fourth-order valence-corrected chi connectivity index (χ4v) is 10.8. The van der Waals surface area contributed by atoms with Gasteiger partial charge in [-0.25, -0.2) is 0 Å². The monoisotopic (exact) mass is 1050 g/mol. The van der Waals surface area contributed by atoms with Crippen molar-refractivity contribution in [3.63, 3.8) is 0 Å². The number of benzene rings is 5. The lowest BCUT2D eigenvalue weighted by molar-refractivity contribution is 0.217. The van der Waals surface area contributed by atoms with Gasteiger partial charge in [-0.2, -0.15) is 0 Å². The molecule has 0 aromatic heterocycles. The highest BCUT2D eigenvalue weighted by atomic mass is 31.2. The largest absolute Gasteiger partial charge is 0.504 e. The lowest BCUT2D eigenvalue weighted by Crippen LogP contribution is -2.28. The van der Waals surface area contributed by atoms with Gasteiger partial charge in [-0.05, 0) is 112 Å². The zero-order valence-electron chi connectivity index (χ0n) is 48.3. The Labute approximate surface area is 452 Å². The number of aromatic hydroxyl groups is 1. The summed E-state index contributed by atoms with van der Waals surface area (Å²) in [4.78, 5) is 0. The molecule has 0 saturated heterocycles. The van der Waals surface area contributed by atoms with Crippen molar-refractivity contribution in [2.24, 2.45) is 41.4 Å². The van der Waals surface area contributed by atoms with Gasteiger partial charge in [0.05, 0.1) is 46.2 Å². The van der Waals surface area contributed by atoms with Gasteiger partial charge >= 0.3 is 0 Å². The topological polar surface area (TPSA) is 102 Å². The molecule has 0 bridgehead atoms. The Balaban J connectivity index is 1.95. The second kappa shape index (κ2) is 29.9. The van der Waals surface area contributed by atoms with Crippen molar-refractivity contribution in [1.82, 2.24) is 0 Å². The minimum Gasteiger partial charge on any atom is -0.504 e. The van der Waals surface area contributed by atoms with Crippen LogP contribution >= 0.6 is 7.14 Å². The molecule has 0 aliphatic heterocycles. The lowest BCUT2D eigenvalue weighted by atomic mass is 10.0. The fraction of sp³-hybridized carbons (Fsp3) is 0.538. The Hall–Kier alpha value is -5.27. The summed E-state index contributed by atoms with van der Waals surface area (Å²) in [7, 11) is -4.10. The first-order chi connectivity index (χ1) is 36.0. The van der Waals surface area contributed by atoms with E-state index in [1.54, 1.807) is 6.07 Å². The molecule has 5 rings (SSSR count). The minimum atomic E-state index is -4.10. The zero-order chi connectivity index (χ0) is 54.7. The molecule has 0 amide bonds. The first-order valence-corrected chi connectivity index (χ1v) is 30.1. The molecule has 0 radical (unpaired) electrons. The van der Waals surface area contributed by atoms with E-state index in [1.165, 1.54) is 0 Å². The second-order valence-electron chi connectivity index (χ2n) is 21.7. The molecule has 0 aliphatic rings. The molecular formula is C65H93O9P. The summed E-state index contributed by atoms with van der Waals surface area (Å²) in [6.07, 6.45) is 6.62. The summed E-state index contributed by atoms with van der Waals surface area (Å²) >= 11 is 0. The highest BCUT2D eigenvalue weighted by molar-refractivity contribution is 7.85. The molecule has 412 valence electrons. The predicted octanol–water partition coefficient (Wildman–Crippen LogP) is 16.3. The molecule has 5 aromatic rings. The molecule has 1 N–H and O–H groups in total. The van der Waals surface area contributed by atoms with Crippen LogP contribution in [0, 0.1) is 41.4 Å². The van der Waals surface area contributed by atoms with Gasteiger partial charge in [0.25, 0.3) is 0 Å². The normalized spacial score (nSPS) is 15.1. The maximum Gasteiger partial charge on any atom is 0.172 e. The van der Waals surface area contributed by atoms with Gasteiger partial charge in [-0.1, -0.05) is 184 Å². The predicted molar refractivity (Wildman–Crippen MR) is 313 cm³/mol. The molecule has 0 heterocycles. The summed E-state index contributed by atoms with van der Waals surface area (Å²) in [5.41, 5.74) is 2.79. The van der Waals surface area contributed by atoms with Gasteiger partial charge in [0.15, 0.2) is 53.1 Å². The van der Waals surface area contributed by atoms with Crippen LogP contribution in [0.4, 0.5) is 0 Å². The minimum absolute atomic E-state index is 0.109. The van der Waals surface area contributed by atoms with E-state index < -0.39 is 7.14 Å². The van der Waals surface area contributed by atoms with E-state index in [-0.39, 0.29) is 23.5 Å². The molecule has 5 aromatic carbocycles. The van der Waals surface area contributed by atoms with E-state index in [4.69, 9.17) is 33.2 Å². The third-order valence-corrected chi connectivity index (χ3v) is 18.1. The van der Waals surface area contributed by atoms with Crippen LogP contribution < -0.4 is 49.1 Å². The quantitative estimate of drug-likeness (QED) is 0.0412. The number of ether oxygens (including phenoxy) is 7. The molecule has 0 fully saturated rings. The maximum absolute atomic E-state index is 17.8. The van der Waals surface area contributed by atoms with Gasteiger partial charge in [-0.3, -0.25) is 0 Å². The van der Waals surface area contributed by atoms with Gasteiger partial charge in [0, 0.05) is 15.9 Å². The molecule has 75 heavy (non-hydrogen) atoms. The lowest BCUT2D eigenvalue weighted by Gasteiger charge is -2.28. The molecule has 0 spiro atoms. The number of phenols is 1. The summed E-state index contributed by atoms with van der Waals surface area (Å²) in [6, 6.07) is 29.0. The van der Waals surface area contributed by atoms with Crippen molar-refractivity contribution in [3.05, 3.63) is 91.0 Å². The Morgan fingerprint density at radius 3 is 1.01 bits per heavy atom. The van der Waals surface area contributed by atoms with Crippen molar-refractivity contribution in [2.45, 2.75) is 142 Å². The first-order valence-electron chi connectivity index (χ1n) is 28.4. The van der Waals surface area contributed by atoms with Gasteiger partial charge in [0.2, 0.25) is 0 Å². The number of rotatable bonds is 33. The van der Waals surface area contributed by atoms with Crippen LogP contribution in [-0.2, 0) is 4.57 Å². The van der Waals surface area contributed by atoms with Gasteiger partial charge in [-0.15, -0.1) is 0 Å². The second-order valence-corrected chi connectivity index (χ2v) is 24.4. The molecule has 8 atom stereocenters. The summed E-state index contributed by atoms with van der Waals surface area (Å²) in [5.74, 6) is 5.78. The zero-order valence-corrected chi connectivity index (χ0v) is 49.2. The van der Waals surface area contributed by atoms with E-state index in [9.17, 15) is 5.11 Å². The van der Waals surface area contributed by atoms with Crippen molar-refractivity contribution in [2.75, 3.05) is 46.2 Å². The molecule has 0 aliphatic carbocycles. The van der Waals surface area contributed by atoms with Crippen LogP contribution in [0.15, 0.2) is 91.0 Å². The van der Waals surface area contributed by atoms with Crippen LogP contribution in [0.1, 0.15) is 142 Å². The Kier molecular flexibility index (Phi) is 24.1. The summed E-state index contributed by atoms with van der Waals surface area (Å²) < 4.78 is 64.1. The fourth-order valence-electron chi connectivity index (χ4n) is 7.74. The van der Waals surface area contributed by atoms with E-state index in [0.717, 1.165) is 56.1 Å². The van der Waals surface area contributed by atoms with Crippen molar-refractivity contribution in [3.8, 4) is 68.2 Å². The Morgan fingerprint density at radius 1 is 0.360 bits per heavy atom. The third kappa shape index (κ3) is 16.6. The third-order valence-electron chi connectivity index (χ3n) is 15.0. The molecular weight excluding hydrogens is 956 g/mol. The first kappa shape index (κ1) is 60.6. The van der Waals surface area contributed by atoms with Crippen LogP contribution in [0.3, 0.4) is 0 Å². The standard InChI is InChI=1S/C65H93O9P/c1-15-44(8)37-68-57-29-27-51(31-60(57)71-40-47(11)18-4)54-33-59(70-39-46(10)17-3)56(66)35-64(54)75(67,53-25-23-22-24-26-53)65-36-63(74-43-50(14)21-7)62(73-42-49(13)20-6)34-55(65)52-28-30-58(69-38-45(9)16-2)61(32-52)72-41-48(12)19-5/h22-36,44-50,66H,15-21,37-43H2,1-14H3. The van der Waals surface area contributed by atoms with E-state index in [1.807, 2.05) is 84.9 Å². The summed E-state index contributed by atoms with van der Waals surface area (Å²) in [6.45, 7) is 33.6. The van der Waals surface area contributed by atoms with E-state index in [0.29, 0.717) is 137 Å². The SMILES string of the molecule is CCC(C)COc1cc(-c2ccc(OCC(C)CC)c(OCC(C)CC)c2)c(P(=O)(c2ccccc2)c2cc(OCC(C)CC)c(OCC(C)CC)cc2-c2ccc(OCC(C)CC)c(OCC(C)CC)c2)cc1O. The number of phenolic OH excluding ortho intramolecular Hbond substituents is 1. The van der Waals surface area contributed by atoms with Crippen molar-refractivity contribution in [1.29, 1.82) is 0 Å². The molecule has 9 nitrogen and oxygen atoms in total. The Bertz CT molecular complexity index is 2560. The van der Waals surface area contributed by atoms with E-state index >= 15 is 4.57 Å². The smallest absolute Gasteiger partial charge is 0.172 e. The number of hydrogen-bond acceptors (Lipinski definition) is 9. The van der Waals surface area contributed by atoms with Crippen LogP contribution in [0.5, 0.6) is 46.0 Å². The molecule has 10 heteroatoms. The Morgan fingerprint density at radius 2 is 0.653 bits per heavy atom. The van der Waals surface area contributed by atoms with Crippen LogP contribution in [0.25, 0.3) is 22.3 Å². The average molecular weight is 1050 g/mol. The van der Waals surface area contributed by atoms with Crippen molar-refractivity contribution >= 4 is 23.1 Å². The van der Waals surface area contributed by atoms with Crippen LogP contribution in [0.2, 0.25) is 0 Å². The number of hydrogen-bond donors (Lipinski definition) is 1. The van der Waals surface area contributed by atoms with Gasteiger partial charge < -0.3 is 42.8 Å². The highest BCUT2D eigenvalue weighted by Gasteiger charge is 2.38. The molecule has 0 saturated carbocycles. The average Bonchev–Trinajstić information content (AvgIpc) is 3.44.